The number of rotatable bonds is 4. The van der Waals surface area contributed by atoms with Crippen molar-refractivity contribution in [3.05, 3.63) is 77.9 Å². The van der Waals surface area contributed by atoms with Gasteiger partial charge in [0.2, 0.25) is 0 Å². The van der Waals surface area contributed by atoms with Crippen molar-refractivity contribution in [1.29, 1.82) is 0 Å². The number of fused-ring (bicyclic) bond motifs is 1. The van der Waals surface area contributed by atoms with E-state index >= 15 is 0 Å². The molecule has 2 heteroatoms. The lowest BCUT2D eigenvalue weighted by atomic mass is 9.96. The number of anilines is 1. The Hall–Kier alpha value is -2.61. The van der Waals surface area contributed by atoms with Crippen molar-refractivity contribution in [1.82, 2.24) is 0 Å². The van der Waals surface area contributed by atoms with Crippen LogP contribution in [0.4, 0.5) is 5.69 Å². The van der Waals surface area contributed by atoms with Gasteiger partial charge in [-0.2, -0.15) is 0 Å². The van der Waals surface area contributed by atoms with Crippen LogP contribution in [0.2, 0.25) is 0 Å². The molecule has 1 atom stereocenters. The number of carbonyl (C=O) groups is 1. The van der Waals surface area contributed by atoms with Gasteiger partial charge in [-0.3, -0.25) is 4.79 Å². The molecule has 0 unspecified atom stereocenters. The second-order valence-electron chi connectivity index (χ2n) is 5.88. The fraction of sp³-hybridized carbons (Fsp3) is 0.190. The maximum absolute atomic E-state index is 12.8. The largest absolute Gasteiger partial charge is 0.322 e. The highest BCUT2D eigenvalue weighted by atomic mass is 16.1. The first-order chi connectivity index (χ1) is 11.2. The minimum Gasteiger partial charge on any atom is -0.322 e. The van der Waals surface area contributed by atoms with Crippen LogP contribution in [0.15, 0.2) is 66.7 Å². The molecule has 3 aromatic carbocycles. The average molecular weight is 303 g/mol. The topological polar surface area (TPSA) is 29.1 Å². The first-order valence-electron chi connectivity index (χ1n) is 8.08. The van der Waals surface area contributed by atoms with Crippen molar-refractivity contribution in [3.63, 3.8) is 0 Å². The molecule has 0 spiro atoms. The Labute approximate surface area is 137 Å². The van der Waals surface area contributed by atoms with Crippen molar-refractivity contribution in [3.8, 4) is 0 Å². The Morgan fingerprint density at radius 3 is 2.48 bits per heavy atom. The third-order valence-electron chi connectivity index (χ3n) is 4.39. The highest BCUT2D eigenvalue weighted by Gasteiger charge is 2.14. The second-order valence-corrected chi connectivity index (χ2v) is 5.88. The summed E-state index contributed by atoms with van der Waals surface area (Å²) in [5, 5.41) is 5.15. The lowest BCUT2D eigenvalue weighted by molar-refractivity contribution is 0.102. The Kier molecular flexibility index (Phi) is 4.42. The molecule has 0 saturated carbocycles. The summed E-state index contributed by atoms with van der Waals surface area (Å²) in [7, 11) is 0. The highest BCUT2D eigenvalue weighted by Crippen LogP contribution is 2.27. The zero-order chi connectivity index (χ0) is 16.2. The molecule has 116 valence electrons. The molecule has 0 fully saturated rings. The number of para-hydroxylation sites is 1. The number of hydrogen-bond donors (Lipinski definition) is 1. The molecule has 0 aliphatic rings. The van der Waals surface area contributed by atoms with Gasteiger partial charge in [-0.1, -0.05) is 68.4 Å². The first-order valence-corrected chi connectivity index (χ1v) is 8.08. The Balaban J connectivity index is 1.96. The first kappa shape index (κ1) is 15.3. The van der Waals surface area contributed by atoms with Gasteiger partial charge in [0, 0.05) is 11.3 Å². The van der Waals surface area contributed by atoms with Crippen LogP contribution in [0.5, 0.6) is 0 Å². The quantitative estimate of drug-likeness (QED) is 0.667. The Morgan fingerprint density at radius 1 is 0.957 bits per heavy atom. The monoisotopic (exact) mass is 303 g/mol. The van der Waals surface area contributed by atoms with E-state index in [2.05, 4.69) is 25.2 Å². The Morgan fingerprint density at radius 2 is 1.65 bits per heavy atom. The van der Waals surface area contributed by atoms with Gasteiger partial charge in [0.1, 0.15) is 0 Å². The summed E-state index contributed by atoms with van der Waals surface area (Å²) in [6.45, 7) is 4.34. The standard InChI is InChI=1S/C21H21NO/c1-3-15(2)17-11-6-7-14-20(17)22-21(23)19-13-8-10-16-9-4-5-12-18(16)19/h4-15H,3H2,1-2H3,(H,22,23)/t15-/m1/s1. The van der Waals surface area contributed by atoms with E-state index in [9.17, 15) is 4.79 Å². The van der Waals surface area contributed by atoms with Crippen molar-refractivity contribution >= 4 is 22.4 Å². The molecule has 1 amide bonds. The molecule has 0 heterocycles. The molecule has 0 aliphatic heterocycles. The highest BCUT2D eigenvalue weighted by molar-refractivity contribution is 6.13. The maximum atomic E-state index is 12.8. The van der Waals surface area contributed by atoms with Gasteiger partial charge < -0.3 is 5.32 Å². The predicted octanol–water partition coefficient (Wildman–Crippen LogP) is 5.61. The minimum atomic E-state index is -0.0578. The van der Waals surface area contributed by atoms with E-state index in [1.54, 1.807) is 0 Å². The van der Waals surface area contributed by atoms with Gasteiger partial charge in [0.05, 0.1) is 0 Å². The third-order valence-corrected chi connectivity index (χ3v) is 4.39. The van der Waals surface area contributed by atoms with E-state index in [-0.39, 0.29) is 5.91 Å². The van der Waals surface area contributed by atoms with E-state index in [1.807, 2.05) is 60.7 Å². The van der Waals surface area contributed by atoms with E-state index in [0.29, 0.717) is 11.5 Å². The van der Waals surface area contributed by atoms with Crippen LogP contribution in [0.1, 0.15) is 42.1 Å². The number of benzene rings is 3. The van der Waals surface area contributed by atoms with Gasteiger partial charge in [0.15, 0.2) is 0 Å². The van der Waals surface area contributed by atoms with Crippen LogP contribution in [0.3, 0.4) is 0 Å². The van der Waals surface area contributed by atoms with E-state index < -0.39 is 0 Å². The summed E-state index contributed by atoms with van der Waals surface area (Å²) in [5.74, 6) is 0.358. The summed E-state index contributed by atoms with van der Waals surface area (Å²) < 4.78 is 0. The summed E-state index contributed by atoms with van der Waals surface area (Å²) in [4.78, 5) is 12.8. The SMILES string of the molecule is CC[C@@H](C)c1ccccc1NC(=O)c1cccc2ccccc12. The number of amides is 1. The van der Waals surface area contributed by atoms with Gasteiger partial charge in [-0.15, -0.1) is 0 Å². The van der Waals surface area contributed by atoms with E-state index in [1.165, 1.54) is 5.56 Å². The molecule has 3 aromatic rings. The van der Waals surface area contributed by atoms with Gasteiger partial charge in [0.25, 0.3) is 5.91 Å². The zero-order valence-electron chi connectivity index (χ0n) is 13.5. The summed E-state index contributed by atoms with van der Waals surface area (Å²) in [6, 6.07) is 21.9. The number of nitrogens with one attached hydrogen (secondary N) is 1. The van der Waals surface area contributed by atoms with Crippen molar-refractivity contribution in [2.45, 2.75) is 26.2 Å². The molecule has 3 rings (SSSR count). The maximum Gasteiger partial charge on any atom is 0.256 e. The van der Waals surface area contributed by atoms with Crippen molar-refractivity contribution in [2.75, 3.05) is 5.32 Å². The molecule has 0 aliphatic carbocycles. The van der Waals surface area contributed by atoms with Gasteiger partial charge in [-0.25, -0.2) is 0 Å². The van der Waals surface area contributed by atoms with Crippen LogP contribution < -0.4 is 5.32 Å². The second kappa shape index (κ2) is 6.66. The summed E-state index contributed by atoms with van der Waals surface area (Å²) in [5.41, 5.74) is 2.80. The fourth-order valence-electron chi connectivity index (χ4n) is 2.87. The van der Waals surface area contributed by atoms with Crippen molar-refractivity contribution < 1.29 is 4.79 Å². The van der Waals surface area contributed by atoms with Gasteiger partial charge in [-0.05, 0) is 40.8 Å². The van der Waals surface area contributed by atoms with E-state index in [0.717, 1.165) is 22.9 Å². The molecule has 0 saturated heterocycles. The Bertz CT molecular complexity index is 833. The lowest BCUT2D eigenvalue weighted by Crippen LogP contribution is -2.14. The lowest BCUT2D eigenvalue weighted by Gasteiger charge is -2.16. The van der Waals surface area contributed by atoms with Gasteiger partial charge >= 0.3 is 0 Å². The minimum absolute atomic E-state index is 0.0578. The molecule has 0 aromatic heterocycles. The molecule has 2 nitrogen and oxygen atoms in total. The molecule has 1 N–H and O–H groups in total. The summed E-state index contributed by atoms with van der Waals surface area (Å²) in [6.07, 6.45) is 1.04. The molecular weight excluding hydrogens is 282 g/mol. The van der Waals surface area contributed by atoms with E-state index in [4.69, 9.17) is 0 Å². The van der Waals surface area contributed by atoms with Crippen LogP contribution in [0.25, 0.3) is 10.8 Å². The van der Waals surface area contributed by atoms with Crippen LogP contribution in [0, 0.1) is 0 Å². The van der Waals surface area contributed by atoms with Crippen molar-refractivity contribution in [2.24, 2.45) is 0 Å². The number of carbonyl (C=O) groups excluding carboxylic acids is 1. The summed E-state index contributed by atoms with van der Waals surface area (Å²) >= 11 is 0. The normalized spacial score (nSPS) is 12.1. The third kappa shape index (κ3) is 3.11. The molecular formula is C21H21NO. The van der Waals surface area contributed by atoms with Crippen LogP contribution >= 0.6 is 0 Å². The predicted molar refractivity (Wildman–Crippen MR) is 97.0 cm³/mol. The smallest absolute Gasteiger partial charge is 0.256 e. The fourth-order valence-corrected chi connectivity index (χ4v) is 2.87. The molecule has 0 radical (unpaired) electrons. The number of hydrogen-bond acceptors (Lipinski definition) is 1. The van der Waals surface area contributed by atoms with Crippen LogP contribution in [-0.4, -0.2) is 5.91 Å². The molecule has 0 bridgehead atoms. The zero-order valence-corrected chi connectivity index (χ0v) is 13.5. The molecule has 23 heavy (non-hydrogen) atoms. The average Bonchev–Trinajstić information content (AvgIpc) is 2.61. The van der Waals surface area contributed by atoms with Crippen LogP contribution in [-0.2, 0) is 0 Å².